The molecule has 3 rings (SSSR count). The van der Waals surface area contributed by atoms with Crippen LogP contribution in [0.5, 0.6) is 0 Å². The van der Waals surface area contributed by atoms with Crippen molar-refractivity contribution in [3.63, 3.8) is 0 Å². The third-order valence-corrected chi connectivity index (χ3v) is 5.06. The summed E-state index contributed by atoms with van der Waals surface area (Å²) in [6.45, 7) is 11.4. The van der Waals surface area contributed by atoms with Crippen molar-refractivity contribution in [3.05, 3.63) is 23.0 Å². The van der Waals surface area contributed by atoms with Crippen LogP contribution in [0.2, 0.25) is 0 Å². The molecule has 2 aliphatic rings. The fraction of sp³-hybridized carbons (Fsp3) is 0.722. The number of ketones is 1. The maximum absolute atomic E-state index is 12.3. The number of hydrogen-bond acceptors (Lipinski definition) is 2. The van der Waals surface area contributed by atoms with E-state index in [1.165, 1.54) is 50.3 Å². The highest BCUT2D eigenvalue weighted by atomic mass is 16.1. The number of rotatable bonds is 4. The van der Waals surface area contributed by atoms with E-state index in [0.29, 0.717) is 12.2 Å². The van der Waals surface area contributed by atoms with Crippen LogP contribution in [-0.2, 0) is 13.0 Å². The van der Waals surface area contributed by atoms with Gasteiger partial charge in [0.25, 0.3) is 0 Å². The molecule has 0 unspecified atom stereocenters. The van der Waals surface area contributed by atoms with Crippen molar-refractivity contribution in [1.29, 1.82) is 0 Å². The van der Waals surface area contributed by atoms with Gasteiger partial charge in [0, 0.05) is 29.9 Å². The van der Waals surface area contributed by atoms with Crippen molar-refractivity contribution in [3.8, 4) is 0 Å². The zero-order valence-corrected chi connectivity index (χ0v) is 13.7. The van der Waals surface area contributed by atoms with Gasteiger partial charge in [0.15, 0.2) is 5.78 Å². The first kappa shape index (κ1) is 14.8. The molecular formula is C18H28N2O. The number of aromatic nitrogens is 1. The highest BCUT2D eigenvalue weighted by Gasteiger charge is 2.33. The molecule has 0 radical (unpaired) electrons. The lowest BCUT2D eigenvalue weighted by Gasteiger charge is -2.30. The van der Waals surface area contributed by atoms with Crippen LogP contribution in [0.4, 0.5) is 0 Å². The summed E-state index contributed by atoms with van der Waals surface area (Å²) in [5.74, 6) is 0.336. The van der Waals surface area contributed by atoms with Gasteiger partial charge in [-0.15, -0.1) is 0 Å². The number of fused-ring (bicyclic) bond motifs is 1. The van der Waals surface area contributed by atoms with Gasteiger partial charge in [-0.2, -0.15) is 0 Å². The number of carbonyl (C=O) groups is 1. The molecule has 1 fully saturated rings. The van der Waals surface area contributed by atoms with Crippen molar-refractivity contribution in [2.45, 2.75) is 59.4 Å². The van der Waals surface area contributed by atoms with Gasteiger partial charge < -0.3 is 9.47 Å². The van der Waals surface area contributed by atoms with Crippen LogP contribution in [0.25, 0.3) is 0 Å². The summed E-state index contributed by atoms with van der Waals surface area (Å²) < 4.78 is 2.41. The summed E-state index contributed by atoms with van der Waals surface area (Å²) >= 11 is 0. The van der Waals surface area contributed by atoms with Crippen molar-refractivity contribution >= 4 is 5.78 Å². The second-order valence-electron chi connectivity index (χ2n) is 7.64. The highest BCUT2D eigenvalue weighted by molar-refractivity contribution is 5.99. The van der Waals surface area contributed by atoms with Gasteiger partial charge in [-0.25, -0.2) is 0 Å². The Morgan fingerprint density at radius 2 is 1.86 bits per heavy atom. The van der Waals surface area contributed by atoms with E-state index in [9.17, 15) is 4.79 Å². The van der Waals surface area contributed by atoms with Crippen molar-refractivity contribution in [2.75, 3.05) is 19.6 Å². The zero-order chi connectivity index (χ0) is 15.0. The molecule has 0 saturated carbocycles. The molecular weight excluding hydrogens is 260 g/mol. The van der Waals surface area contributed by atoms with Gasteiger partial charge in [0.1, 0.15) is 0 Å². The molecule has 1 aliphatic carbocycles. The van der Waals surface area contributed by atoms with E-state index in [1.807, 2.05) is 0 Å². The minimum absolute atomic E-state index is 0.113. The van der Waals surface area contributed by atoms with E-state index in [4.69, 9.17) is 0 Å². The quantitative estimate of drug-likeness (QED) is 0.848. The van der Waals surface area contributed by atoms with Crippen LogP contribution in [0.15, 0.2) is 6.07 Å². The Morgan fingerprint density at radius 1 is 1.14 bits per heavy atom. The first-order chi connectivity index (χ1) is 9.96. The highest BCUT2D eigenvalue weighted by Crippen LogP contribution is 2.36. The van der Waals surface area contributed by atoms with Crippen LogP contribution in [0, 0.1) is 12.3 Å². The summed E-state index contributed by atoms with van der Waals surface area (Å²) in [4.78, 5) is 14.9. The third-order valence-electron chi connectivity index (χ3n) is 5.06. The lowest BCUT2D eigenvalue weighted by Crippen LogP contribution is -2.28. The summed E-state index contributed by atoms with van der Waals surface area (Å²) in [5.41, 5.74) is 3.65. The van der Waals surface area contributed by atoms with E-state index in [-0.39, 0.29) is 5.41 Å². The van der Waals surface area contributed by atoms with Gasteiger partial charge in [0.2, 0.25) is 0 Å². The van der Waals surface area contributed by atoms with Gasteiger partial charge in [0.05, 0.1) is 0 Å². The SMILES string of the molecule is Cc1cc2c(n1CCCN1CCCC1)CC(C)(C)CC2=O. The minimum atomic E-state index is 0.113. The number of carbonyl (C=O) groups excluding carboxylic acids is 1. The average molecular weight is 288 g/mol. The van der Waals surface area contributed by atoms with Gasteiger partial charge in [-0.1, -0.05) is 13.8 Å². The molecule has 116 valence electrons. The van der Waals surface area contributed by atoms with Crippen LogP contribution in [-0.4, -0.2) is 34.9 Å². The first-order valence-corrected chi connectivity index (χ1v) is 8.41. The first-order valence-electron chi connectivity index (χ1n) is 8.41. The number of likely N-dealkylation sites (tertiary alicyclic amines) is 1. The molecule has 1 aliphatic heterocycles. The molecule has 1 aromatic rings. The summed E-state index contributed by atoms with van der Waals surface area (Å²) in [5, 5.41) is 0. The molecule has 0 amide bonds. The minimum Gasteiger partial charge on any atom is -0.348 e. The second kappa shape index (κ2) is 5.60. The standard InChI is InChI=1S/C18H28N2O/c1-14-11-15-16(12-18(2,3)13-17(15)21)20(14)10-6-9-19-7-4-5-8-19/h11H,4-10,12-13H2,1-3H3. The monoisotopic (exact) mass is 288 g/mol. The van der Waals surface area contributed by atoms with Crippen LogP contribution in [0.3, 0.4) is 0 Å². The van der Waals surface area contributed by atoms with Crippen LogP contribution in [0.1, 0.15) is 61.3 Å². The van der Waals surface area contributed by atoms with E-state index >= 15 is 0 Å². The topological polar surface area (TPSA) is 25.2 Å². The molecule has 2 heterocycles. The van der Waals surface area contributed by atoms with Crippen molar-refractivity contribution in [1.82, 2.24) is 9.47 Å². The van der Waals surface area contributed by atoms with Crippen molar-refractivity contribution < 1.29 is 4.79 Å². The van der Waals surface area contributed by atoms with E-state index < -0.39 is 0 Å². The Bertz CT molecular complexity index is 536. The number of nitrogens with zero attached hydrogens (tertiary/aromatic N) is 2. The van der Waals surface area contributed by atoms with E-state index in [1.54, 1.807) is 0 Å². The van der Waals surface area contributed by atoms with Gasteiger partial charge in [-0.3, -0.25) is 4.79 Å². The Morgan fingerprint density at radius 3 is 2.57 bits per heavy atom. The number of Topliss-reactive ketones (excluding diaryl/α,β-unsaturated/α-hetero) is 1. The van der Waals surface area contributed by atoms with Gasteiger partial charge in [-0.05, 0) is 63.7 Å². The molecule has 1 aromatic heterocycles. The van der Waals surface area contributed by atoms with Crippen LogP contribution < -0.4 is 0 Å². The molecule has 21 heavy (non-hydrogen) atoms. The predicted octanol–water partition coefficient (Wildman–Crippen LogP) is 3.44. The molecule has 1 saturated heterocycles. The van der Waals surface area contributed by atoms with E-state index in [2.05, 4.69) is 36.3 Å². The van der Waals surface area contributed by atoms with Crippen LogP contribution >= 0.6 is 0 Å². The number of hydrogen-bond donors (Lipinski definition) is 0. The smallest absolute Gasteiger partial charge is 0.165 e. The summed E-state index contributed by atoms with van der Waals surface area (Å²) in [7, 11) is 0. The summed E-state index contributed by atoms with van der Waals surface area (Å²) in [6.07, 6.45) is 5.64. The Labute approximate surface area is 128 Å². The molecule has 0 aromatic carbocycles. The maximum atomic E-state index is 12.3. The molecule has 0 atom stereocenters. The van der Waals surface area contributed by atoms with Crippen molar-refractivity contribution in [2.24, 2.45) is 5.41 Å². The normalized spacial score (nSPS) is 21.8. The molecule has 3 nitrogen and oxygen atoms in total. The fourth-order valence-corrected chi connectivity index (χ4v) is 3.98. The molecule has 3 heteroatoms. The second-order valence-corrected chi connectivity index (χ2v) is 7.64. The maximum Gasteiger partial charge on any atom is 0.165 e. The van der Waals surface area contributed by atoms with E-state index in [0.717, 1.165) is 18.5 Å². The zero-order valence-electron chi connectivity index (χ0n) is 13.7. The number of aryl methyl sites for hydroxylation is 1. The van der Waals surface area contributed by atoms with Gasteiger partial charge >= 0.3 is 0 Å². The predicted molar refractivity (Wildman–Crippen MR) is 85.9 cm³/mol. The lowest BCUT2D eigenvalue weighted by atomic mass is 9.76. The Kier molecular flexibility index (Phi) is 3.96. The molecule has 0 spiro atoms. The summed E-state index contributed by atoms with van der Waals surface area (Å²) in [6, 6.07) is 2.11. The Balaban J connectivity index is 1.72. The third kappa shape index (κ3) is 3.08. The average Bonchev–Trinajstić information content (AvgIpc) is 2.99. The lowest BCUT2D eigenvalue weighted by molar-refractivity contribution is 0.0910. The Hall–Kier alpha value is -1.09. The fourth-order valence-electron chi connectivity index (χ4n) is 3.98. The molecule has 0 bridgehead atoms. The molecule has 0 N–H and O–H groups in total. The largest absolute Gasteiger partial charge is 0.348 e.